The van der Waals surface area contributed by atoms with Crippen LogP contribution in [0.5, 0.6) is 5.75 Å². The summed E-state index contributed by atoms with van der Waals surface area (Å²) >= 11 is 0. The minimum Gasteiger partial charge on any atom is -0.496 e. The molecule has 0 aliphatic carbocycles. The van der Waals surface area contributed by atoms with E-state index in [1.54, 1.807) is 7.11 Å². The van der Waals surface area contributed by atoms with Crippen molar-refractivity contribution in [3.8, 4) is 5.75 Å². The number of rotatable bonds is 4. The Balaban J connectivity index is 2.07. The van der Waals surface area contributed by atoms with Gasteiger partial charge in [0.25, 0.3) is 0 Å². The Morgan fingerprint density at radius 2 is 2.00 bits per heavy atom. The molecule has 1 heterocycles. The van der Waals surface area contributed by atoms with Crippen molar-refractivity contribution in [2.75, 3.05) is 27.2 Å². The molecule has 0 atom stereocenters. The lowest BCUT2D eigenvalue weighted by Gasteiger charge is -2.36. The van der Waals surface area contributed by atoms with E-state index in [4.69, 9.17) is 4.74 Å². The van der Waals surface area contributed by atoms with Gasteiger partial charge in [0, 0.05) is 24.6 Å². The van der Waals surface area contributed by atoms with Gasteiger partial charge in [-0.05, 0) is 32.0 Å². The Morgan fingerprint density at radius 3 is 2.65 bits per heavy atom. The molecule has 0 saturated carbocycles. The van der Waals surface area contributed by atoms with Crippen LogP contribution in [0, 0.1) is 5.41 Å². The summed E-state index contributed by atoms with van der Waals surface area (Å²) in [6.45, 7) is 4.51. The number of carbonyl (C=O) groups is 1. The van der Waals surface area contributed by atoms with Gasteiger partial charge in [0.05, 0.1) is 7.11 Å². The molecule has 20 heavy (non-hydrogen) atoms. The van der Waals surface area contributed by atoms with Gasteiger partial charge in [-0.25, -0.2) is 0 Å². The summed E-state index contributed by atoms with van der Waals surface area (Å²) < 4.78 is 5.35. The third kappa shape index (κ3) is 3.12. The summed E-state index contributed by atoms with van der Waals surface area (Å²) in [4.78, 5) is 14.5. The molecule has 0 aromatic heterocycles. The van der Waals surface area contributed by atoms with Crippen molar-refractivity contribution >= 4 is 5.91 Å². The summed E-state index contributed by atoms with van der Waals surface area (Å²) in [5.41, 5.74) is 0.811. The van der Waals surface area contributed by atoms with Gasteiger partial charge in [-0.1, -0.05) is 25.1 Å². The number of hydrogen-bond donors (Lipinski definition) is 1. The number of ether oxygens (including phenoxy) is 1. The highest BCUT2D eigenvalue weighted by atomic mass is 16.5. The average Bonchev–Trinajstić information content (AvgIpc) is 2.47. The highest BCUT2D eigenvalue weighted by molar-refractivity contribution is 5.82. The van der Waals surface area contributed by atoms with Gasteiger partial charge in [0.2, 0.25) is 5.91 Å². The summed E-state index contributed by atoms with van der Waals surface area (Å²) in [6.07, 6.45) is 1.81. The van der Waals surface area contributed by atoms with Gasteiger partial charge < -0.3 is 15.0 Å². The van der Waals surface area contributed by atoms with Crippen molar-refractivity contribution in [2.45, 2.75) is 26.3 Å². The molecule has 1 amide bonds. The van der Waals surface area contributed by atoms with Gasteiger partial charge >= 0.3 is 0 Å². The van der Waals surface area contributed by atoms with Crippen LogP contribution in [0.4, 0.5) is 0 Å². The SMILES string of the molecule is COc1ccccc1CN(C)C(=O)C1(C)CCNCC1. The molecule has 2 rings (SSSR count). The second-order valence-electron chi connectivity index (χ2n) is 5.78. The van der Waals surface area contributed by atoms with Crippen LogP contribution < -0.4 is 10.1 Å². The van der Waals surface area contributed by atoms with Crippen molar-refractivity contribution in [3.63, 3.8) is 0 Å². The first-order chi connectivity index (χ1) is 9.57. The number of nitrogens with one attached hydrogen (secondary N) is 1. The average molecular weight is 276 g/mol. The number of nitrogens with zero attached hydrogens (tertiary/aromatic N) is 1. The third-order valence-electron chi connectivity index (χ3n) is 4.17. The minimum atomic E-state index is -0.234. The van der Waals surface area contributed by atoms with Gasteiger partial charge in [-0.2, -0.15) is 0 Å². The molecule has 4 nitrogen and oxygen atoms in total. The smallest absolute Gasteiger partial charge is 0.228 e. The number of methoxy groups -OCH3 is 1. The molecule has 110 valence electrons. The lowest BCUT2D eigenvalue weighted by Crippen LogP contribution is -2.46. The Bertz CT molecular complexity index is 467. The number of piperidine rings is 1. The van der Waals surface area contributed by atoms with E-state index in [0.717, 1.165) is 37.2 Å². The molecule has 0 radical (unpaired) electrons. The van der Waals surface area contributed by atoms with Crippen LogP contribution in [-0.4, -0.2) is 38.1 Å². The Kier molecular flexibility index (Phi) is 4.65. The number of hydrogen-bond acceptors (Lipinski definition) is 3. The largest absolute Gasteiger partial charge is 0.496 e. The van der Waals surface area contributed by atoms with Crippen LogP contribution in [-0.2, 0) is 11.3 Å². The highest BCUT2D eigenvalue weighted by Gasteiger charge is 2.36. The number of carbonyl (C=O) groups excluding carboxylic acids is 1. The Labute approximate surface area is 121 Å². The standard InChI is InChI=1S/C16H24N2O2/c1-16(8-10-17-11-9-16)15(19)18(2)12-13-6-4-5-7-14(13)20-3/h4-7,17H,8-12H2,1-3H3. The van der Waals surface area contributed by atoms with E-state index in [1.165, 1.54) is 0 Å². The molecule has 1 saturated heterocycles. The van der Waals surface area contributed by atoms with Crippen LogP contribution in [0.1, 0.15) is 25.3 Å². The Hall–Kier alpha value is -1.55. The monoisotopic (exact) mass is 276 g/mol. The van der Waals surface area contributed by atoms with E-state index in [0.29, 0.717) is 6.54 Å². The minimum absolute atomic E-state index is 0.227. The topological polar surface area (TPSA) is 41.6 Å². The van der Waals surface area contributed by atoms with Crippen molar-refractivity contribution in [2.24, 2.45) is 5.41 Å². The maximum atomic E-state index is 12.7. The summed E-state index contributed by atoms with van der Waals surface area (Å²) in [6, 6.07) is 7.86. The zero-order valence-electron chi connectivity index (χ0n) is 12.6. The third-order valence-corrected chi connectivity index (χ3v) is 4.17. The van der Waals surface area contributed by atoms with Crippen LogP contribution in [0.3, 0.4) is 0 Å². The highest BCUT2D eigenvalue weighted by Crippen LogP contribution is 2.31. The molecule has 4 heteroatoms. The van der Waals surface area contributed by atoms with Gasteiger partial charge in [0.1, 0.15) is 5.75 Å². The zero-order chi connectivity index (χ0) is 14.6. The summed E-state index contributed by atoms with van der Waals surface area (Å²) in [5, 5.41) is 3.31. The second kappa shape index (κ2) is 6.27. The predicted octanol–water partition coefficient (Wildman–Crippen LogP) is 2.04. The number of amides is 1. The lowest BCUT2D eigenvalue weighted by atomic mass is 9.79. The van der Waals surface area contributed by atoms with Crippen LogP contribution in [0.2, 0.25) is 0 Å². The summed E-state index contributed by atoms with van der Waals surface area (Å²) in [7, 11) is 3.54. The van der Waals surface area contributed by atoms with Gasteiger partial charge in [-0.15, -0.1) is 0 Å². The molecule has 0 unspecified atom stereocenters. The predicted molar refractivity (Wildman–Crippen MR) is 79.7 cm³/mol. The lowest BCUT2D eigenvalue weighted by molar-refractivity contribution is -0.141. The van der Waals surface area contributed by atoms with Crippen molar-refractivity contribution in [1.29, 1.82) is 0 Å². The maximum absolute atomic E-state index is 12.7. The van der Waals surface area contributed by atoms with E-state index >= 15 is 0 Å². The molecule has 1 aromatic carbocycles. The normalized spacial score (nSPS) is 17.6. The van der Waals surface area contributed by atoms with Gasteiger partial charge in [0.15, 0.2) is 0 Å². The molecule has 1 aromatic rings. The van der Waals surface area contributed by atoms with Crippen LogP contribution >= 0.6 is 0 Å². The number of benzene rings is 1. The molecule has 1 fully saturated rings. The van der Waals surface area contributed by atoms with Crippen molar-refractivity contribution in [1.82, 2.24) is 10.2 Å². The van der Waals surface area contributed by atoms with Crippen molar-refractivity contribution < 1.29 is 9.53 Å². The first-order valence-electron chi connectivity index (χ1n) is 7.15. The van der Waals surface area contributed by atoms with E-state index in [1.807, 2.05) is 36.2 Å². The van der Waals surface area contributed by atoms with Gasteiger partial charge in [-0.3, -0.25) is 4.79 Å². The first kappa shape index (κ1) is 14.9. The van der Waals surface area contributed by atoms with E-state index in [2.05, 4.69) is 12.2 Å². The molecular weight excluding hydrogens is 252 g/mol. The molecule has 1 aliphatic rings. The second-order valence-corrected chi connectivity index (χ2v) is 5.78. The fourth-order valence-corrected chi connectivity index (χ4v) is 2.81. The molecule has 0 spiro atoms. The summed E-state index contributed by atoms with van der Waals surface area (Å²) in [5.74, 6) is 1.06. The van der Waals surface area contributed by atoms with Crippen LogP contribution in [0.25, 0.3) is 0 Å². The molecule has 1 aliphatic heterocycles. The maximum Gasteiger partial charge on any atom is 0.228 e. The molecule has 1 N–H and O–H groups in total. The fourth-order valence-electron chi connectivity index (χ4n) is 2.81. The van der Waals surface area contributed by atoms with Crippen molar-refractivity contribution in [3.05, 3.63) is 29.8 Å². The van der Waals surface area contributed by atoms with E-state index in [9.17, 15) is 4.79 Å². The fraction of sp³-hybridized carbons (Fsp3) is 0.562. The van der Waals surface area contributed by atoms with Crippen LogP contribution in [0.15, 0.2) is 24.3 Å². The quantitative estimate of drug-likeness (QED) is 0.915. The Morgan fingerprint density at radius 1 is 1.35 bits per heavy atom. The van der Waals surface area contributed by atoms with E-state index in [-0.39, 0.29) is 11.3 Å². The van der Waals surface area contributed by atoms with E-state index < -0.39 is 0 Å². The zero-order valence-corrected chi connectivity index (χ0v) is 12.6. The molecular formula is C16H24N2O2. The number of para-hydroxylation sites is 1. The first-order valence-corrected chi connectivity index (χ1v) is 7.15. The molecule has 0 bridgehead atoms.